The van der Waals surface area contributed by atoms with Gasteiger partial charge in [-0.25, -0.2) is 4.39 Å². The van der Waals surface area contributed by atoms with Crippen LogP contribution in [0.3, 0.4) is 0 Å². The van der Waals surface area contributed by atoms with Crippen LogP contribution in [0.2, 0.25) is 0 Å². The maximum absolute atomic E-state index is 14.1. The molecule has 1 aliphatic rings. The van der Waals surface area contributed by atoms with Gasteiger partial charge in [0.15, 0.2) is 12.5 Å². The van der Waals surface area contributed by atoms with E-state index in [0.29, 0.717) is 41.6 Å². The minimum Gasteiger partial charge on any atom is -0.423 e. The number of ether oxygens (including phenoxy) is 1. The van der Waals surface area contributed by atoms with Crippen LogP contribution >= 0.6 is 0 Å². The van der Waals surface area contributed by atoms with Crippen LogP contribution in [0.4, 0.5) is 10.2 Å². The maximum atomic E-state index is 14.1. The van der Waals surface area contributed by atoms with Crippen molar-refractivity contribution in [2.24, 2.45) is 11.7 Å². The van der Waals surface area contributed by atoms with E-state index in [4.69, 9.17) is 15.5 Å². The van der Waals surface area contributed by atoms with E-state index < -0.39 is 6.23 Å². The Balaban J connectivity index is 0.00000112. The summed E-state index contributed by atoms with van der Waals surface area (Å²) in [7, 11) is 7.10. The number of aromatic amines is 1. The first-order valence-corrected chi connectivity index (χ1v) is 12.7. The van der Waals surface area contributed by atoms with Crippen LogP contribution in [0.5, 0.6) is 11.8 Å². The first-order valence-electron chi connectivity index (χ1n) is 12.7. The van der Waals surface area contributed by atoms with Crippen LogP contribution in [0.15, 0.2) is 30.5 Å². The predicted octanol–water partition coefficient (Wildman–Crippen LogP) is 2.81. The molecule has 4 heterocycles. The van der Waals surface area contributed by atoms with Crippen LogP contribution in [0.25, 0.3) is 21.9 Å². The summed E-state index contributed by atoms with van der Waals surface area (Å²) >= 11 is 0. The van der Waals surface area contributed by atoms with Gasteiger partial charge in [0.2, 0.25) is 0 Å². The quantitative estimate of drug-likeness (QED) is 0.214. The molecule has 5 N–H and O–H groups in total. The van der Waals surface area contributed by atoms with E-state index >= 15 is 0 Å². The highest BCUT2D eigenvalue weighted by atomic mass is 19.1. The van der Waals surface area contributed by atoms with Gasteiger partial charge in [-0.05, 0) is 64.8 Å². The molecule has 3 aromatic heterocycles. The Morgan fingerprint density at radius 3 is 2.72 bits per heavy atom. The topological polar surface area (TPSA) is 146 Å². The van der Waals surface area contributed by atoms with Gasteiger partial charge in [0.05, 0.1) is 17.3 Å². The Morgan fingerprint density at radius 1 is 1.31 bits per heavy atom. The van der Waals surface area contributed by atoms with Crippen LogP contribution in [-0.2, 0) is 0 Å². The largest absolute Gasteiger partial charge is 0.423 e. The predicted molar refractivity (Wildman–Crippen MR) is 149 cm³/mol. The van der Waals surface area contributed by atoms with Gasteiger partial charge in [0.1, 0.15) is 23.0 Å². The van der Waals surface area contributed by atoms with Crippen molar-refractivity contribution in [1.29, 1.82) is 0 Å². The van der Waals surface area contributed by atoms with Crippen LogP contribution in [0, 0.1) is 11.7 Å². The van der Waals surface area contributed by atoms with Gasteiger partial charge >= 0.3 is 6.01 Å². The van der Waals surface area contributed by atoms with Gasteiger partial charge < -0.3 is 30.8 Å². The number of aromatic nitrogens is 4. The van der Waals surface area contributed by atoms with Gasteiger partial charge in [0, 0.05) is 35.6 Å². The minimum atomic E-state index is -1.04. The average molecular weight is 539 g/mol. The molecular weight excluding hydrogens is 503 g/mol. The summed E-state index contributed by atoms with van der Waals surface area (Å²) in [6, 6.07) is 6.15. The number of fused-ring (bicyclic) bond motifs is 3. The third-order valence-electron chi connectivity index (χ3n) is 6.64. The number of H-pyrrole nitrogens is 1. The fourth-order valence-electron chi connectivity index (χ4n) is 4.55. The molecule has 0 saturated carbocycles. The third-order valence-corrected chi connectivity index (χ3v) is 6.64. The number of nitrogens with one attached hydrogen (secondary N) is 2. The van der Waals surface area contributed by atoms with Crippen molar-refractivity contribution in [2.75, 3.05) is 46.2 Å². The Bertz CT molecular complexity index is 1460. The van der Waals surface area contributed by atoms with Crippen molar-refractivity contribution < 1.29 is 19.0 Å². The molecule has 0 spiro atoms. The molecule has 0 amide bonds. The van der Waals surface area contributed by atoms with Crippen molar-refractivity contribution in [3.8, 4) is 11.8 Å². The lowest BCUT2D eigenvalue weighted by Gasteiger charge is -2.36. The molecule has 208 valence electrons. The fourth-order valence-corrected chi connectivity index (χ4v) is 4.55. The number of pyridine rings is 1. The van der Waals surface area contributed by atoms with E-state index in [9.17, 15) is 14.3 Å². The number of anilines is 1. The fraction of sp³-hybridized carbons (Fsp3) is 0.407. The van der Waals surface area contributed by atoms with E-state index in [2.05, 4.69) is 32.1 Å². The molecule has 1 aromatic carbocycles. The Labute approximate surface area is 226 Å². The van der Waals surface area contributed by atoms with Gasteiger partial charge in [-0.15, -0.1) is 0 Å². The molecule has 12 heteroatoms. The van der Waals surface area contributed by atoms with E-state index in [0.717, 1.165) is 11.9 Å². The summed E-state index contributed by atoms with van der Waals surface area (Å²) < 4.78 is 20.1. The van der Waals surface area contributed by atoms with E-state index in [1.54, 1.807) is 20.2 Å². The summed E-state index contributed by atoms with van der Waals surface area (Å²) in [5.41, 5.74) is 7.88. The highest BCUT2D eigenvalue weighted by Gasteiger charge is 2.27. The van der Waals surface area contributed by atoms with Gasteiger partial charge in [0.25, 0.3) is 0 Å². The molecule has 4 aromatic rings. The number of carbonyl (C=O) groups is 1. The number of hydrogen-bond acceptors (Lipinski definition) is 10. The highest BCUT2D eigenvalue weighted by molar-refractivity contribution is 6.11. The lowest BCUT2D eigenvalue weighted by molar-refractivity contribution is 0.0350. The summed E-state index contributed by atoms with van der Waals surface area (Å²) in [5.74, 6) is 0.753. The highest BCUT2D eigenvalue weighted by Crippen LogP contribution is 2.36. The minimum absolute atomic E-state index is 0.0478. The second kappa shape index (κ2) is 12.0. The van der Waals surface area contributed by atoms with Crippen molar-refractivity contribution in [2.45, 2.75) is 25.6 Å². The number of piperidine rings is 1. The SMILES string of the molecule is CNC.C[C@@H]1CN(c2nc(Oc3cnc(C(O)N(C)C)c(C=O)c3)nc3[nH]c4ccc(F)cc4c23)CCC1N. The van der Waals surface area contributed by atoms with E-state index in [-0.39, 0.29) is 40.8 Å². The Hall–Kier alpha value is -3.71. The molecular formula is C27H35FN8O3. The summed E-state index contributed by atoms with van der Waals surface area (Å²) in [4.78, 5) is 32.0. The Morgan fingerprint density at radius 2 is 2.05 bits per heavy atom. The number of aliphatic hydroxyl groups is 1. The van der Waals surface area contributed by atoms with Crippen LogP contribution in [-0.4, -0.2) is 83.6 Å². The molecule has 1 saturated heterocycles. The Kier molecular flexibility index (Phi) is 8.70. The number of benzene rings is 1. The number of aliphatic hydroxyl groups excluding tert-OH is 1. The number of nitrogens with zero attached hydrogens (tertiary/aromatic N) is 5. The number of halogens is 1. The lowest BCUT2D eigenvalue weighted by Crippen LogP contribution is -2.46. The van der Waals surface area contributed by atoms with Crippen LogP contribution < -0.4 is 20.7 Å². The molecule has 0 bridgehead atoms. The van der Waals surface area contributed by atoms with E-state index in [1.165, 1.54) is 29.3 Å². The molecule has 3 atom stereocenters. The molecule has 0 aliphatic carbocycles. The third kappa shape index (κ3) is 5.98. The standard InChI is InChI=1S/C25H28FN7O3.C2H7N/c1-13-11-33(7-6-18(13)27)23-20-17-9-15(26)4-5-19(17)29-22(20)30-25(31-23)36-16-8-14(12-34)21(28-10-16)24(35)32(2)3;1-3-2/h4-5,8-10,12-13,18,24,35H,6-7,11,27H2,1-3H3,(H,29,30,31);3H,1-2H3/t13-,18?,24?;/m1./s1. The summed E-state index contributed by atoms with van der Waals surface area (Å²) in [6.45, 7) is 3.47. The molecule has 1 fully saturated rings. The van der Waals surface area contributed by atoms with Crippen molar-refractivity contribution >= 4 is 34.0 Å². The molecule has 11 nitrogen and oxygen atoms in total. The van der Waals surface area contributed by atoms with Crippen LogP contribution in [0.1, 0.15) is 35.6 Å². The number of hydrogen-bond donors (Lipinski definition) is 4. The molecule has 5 rings (SSSR count). The number of carbonyl (C=O) groups excluding carboxylic acids is 1. The monoisotopic (exact) mass is 538 g/mol. The molecule has 1 aliphatic heterocycles. The normalized spacial score (nSPS) is 18.2. The maximum Gasteiger partial charge on any atom is 0.326 e. The molecule has 39 heavy (non-hydrogen) atoms. The first-order chi connectivity index (χ1) is 18.7. The smallest absolute Gasteiger partial charge is 0.326 e. The van der Waals surface area contributed by atoms with Crippen molar-refractivity contribution in [3.05, 3.63) is 47.5 Å². The lowest BCUT2D eigenvalue weighted by atomic mass is 9.94. The zero-order chi connectivity index (χ0) is 28.3. The van der Waals surface area contributed by atoms with Gasteiger partial charge in [-0.3, -0.25) is 14.7 Å². The second-order valence-electron chi connectivity index (χ2n) is 9.95. The molecule has 0 radical (unpaired) electrons. The van der Waals surface area contributed by atoms with Crippen molar-refractivity contribution in [3.63, 3.8) is 0 Å². The van der Waals surface area contributed by atoms with Gasteiger partial charge in [-0.1, -0.05) is 6.92 Å². The second-order valence-corrected chi connectivity index (χ2v) is 9.95. The van der Waals surface area contributed by atoms with Crippen molar-refractivity contribution in [1.82, 2.24) is 30.2 Å². The number of nitrogens with two attached hydrogens (primary N) is 1. The van der Waals surface area contributed by atoms with Gasteiger partial charge in [-0.2, -0.15) is 9.97 Å². The number of rotatable bonds is 6. The molecule has 2 unspecified atom stereocenters. The summed E-state index contributed by atoms with van der Waals surface area (Å²) in [5, 5.41) is 14.4. The zero-order valence-corrected chi connectivity index (χ0v) is 22.8. The van der Waals surface area contributed by atoms with E-state index in [1.807, 2.05) is 14.1 Å². The zero-order valence-electron chi connectivity index (χ0n) is 22.8. The average Bonchev–Trinajstić information content (AvgIpc) is 3.27. The number of aldehydes is 1. The first kappa shape index (κ1) is 28.3. The summed E-state index contributed by atoms with van der Waals surface area (Å²) in [6.07, 6.45) is 1.77.